The number of carbonyl (C=O) groups is 2. The van der Waals surface area contributed by atoms with E-state index in [1.165, 1.54) is 7.11 Å². The van der Waals surface area contributed by atoms with Crippen LogP contribution in [0.15, 0.2) is 30.4 Å². The highest BCUT2D eigenvalue weighted by Crippen LogP contribution is 2.29. The van der Waals surface area contributed by atoms with E-state index in [0.717, 1.165) is 24.8 Å². The molecule has 1 amide bonds. The van der Waals surface area contributed by atoms with Gasteiger partial charge in [-0.1, -0.05) is 38.1 Å². The number of rotatable bonds is 12. The second kappa shape index (κ2) is 12.2. The largest absolute Gasteiger partial charge is 0.496 e. The van der Waals surface area contributed by atoms with Crippen LogP contribution in [0.3, 0.4) is 0 Å². The first-order valence-electron chi connectivity index (χ1n) is 9.75. The van der Waals surface area contributed by atoms with Crippen LogP contribution in [-0.2, 0) is 16.1 Å². The molecule has 0 spiro atoms. The van der Waals surface area contributed by atoms with E-state index in [1.54, 1.807) is 31.1 Å². The molecule has 1 rings (SSSR count). The fourth-order valence-electron chi connectivity index (χ4n) is 2.93. The normalized spacial score (nSPS) is 12.5. The van der Waals surface area contributed by atoms with E-state index in [0.29, 0.717) is 30.2 Å². The highest BCUT2D eigenvalue weighted by atomic mass is 16.5. The molecule has 0 fully saturated rings. The number of ether oxygens (including phenoxy) is 1. The number of hydrogen-bond donors (Lipinski definition) is 2. The van der Waals surface area contributed by atoms with E-state index >= 15 is 0 Å². The molecule has 6 nitrogen and oxygen atoms in total. The van der Waals surface area contributed by atoms with Crippen molar-refractivity contribution in [3.8, 4) is 5.75 Å². The molecule has 0 aliphatic carbocycles. The van der Waals surface area contributed by atoms with Gasteiger partial charge in [-0.2, -0.15) is 0 Å². The van der Waals surface area contributed by atoms with Crippen LogP contribution in [0.2, 0.25) is 0 Å². The Bertz CT molecular complexity index is 669. The van der Waals surface area contributed by atoms with Crippen LogP contribution >= 0.6 is 0 Å². The zero-order valence-electron chi connectivity index (χ0n) is 17.7. The molecule has 1 aromatic rings. The highest BCUT2D eigenvalue weighted by molar-refractivity contribution is 5.77. The Morgan fingerprint density at radius 2 is 1.96 bits per heavy atom. The van der Waals surface area contributed by atoms with E-state index in [4.69, 9.17) is 4.74 Å². The van der Waals surface area contributed by atoms with Crippen LogP contribution in [0.25, 0.3) is 0 Å². The number of nitrogens with one attached hydrogen (secondary N) is 1. The maximum absolute atomic E-state index is 12.0. The van der Waals surface area contributed by atoms with Gasteiger partial charge in [0.15, 0.2) is 0 Å². The van der Waals surface area contributed by atoms with Gasteiger partial charge < -0.3 is 15.2 Å². The summed E-state index contributed by atoms with van der Waals surface area (Å²) in [5.74, 6) is 0.153. The number of carboxylic acids is 1. The molecular weight excluding hydrogens is 356 g/mol. The van der Waals surface area contributed by atoms with Crippen molar-refractivity contribution in [3.63, 3.8) is 0 Å². The van der Waals surface area contributed by atoms with Gasteiger partial charge in [-0.15, -0.1) is 0 Å². The lowest BCUT2D eigenvalue weighted by atomic mass is 10.0. The molecule has 0 radical (unpaired) electrons. The van der Waals surface area contributed by atoms with Gasteiger partial charge in [-0.25, -0.2) is 0 Å². The topological polar surface area (TPSA) is 78.9 Å². The van der Waals surface area contributed by atoms with Crippen LogP contribution in [0.4, 0.5) is 0 Å². The Labute approximate surface area is 168 Å². The maximum Gasteiger partial charge on any atom is 0.325 e. The molecule has 0 saturated heterocycles. The lowest BCUT2D eigenvalue weighted by Gasteiger charge is -2.22. The molecule has 1 atom stereocenters. The zero-order valence-corrected chi connectivity index (χ0v) is 17.7. The van der Waals surface area contributed by atoms with Crippen LogP contribution < -0.4 is 10.1 Å². The molecule has 6 heteroatoms. The minimum Gasteiger partial charge on any atom is -0.496 e. The Balaban J connectivity index is 2.56. The molecule has 2 N–H and O–H groups in total. The molecule has 156 valence electrons. The van der Waals surface area contributed by atoms with Gasteiger partial charge in [0, 0.05) is 18.5 Å². The summed E-state index contributed by atoms with van der Waals surface area (Å²) in [4.78, 5) is 25.2. The second-order valence-electron chi connectivity index (χ2n) is 7.48. The number of methoxy groups -OCH3 is 1. The molecule has 28 heavy (non-hydrogen) atoms. The lowest BCUT2D eigenvalue weighted by molar-refractivity contribution is -0.142. The predicted octanol–water partition coefficient (Wildman–Crippen LogP) is 3.77. The summed E-state index contributed by atoms with van der Waals surface area (Å²) in [5.41, 5.74) is 1.46. The van der Waals surface area contributed by atoms with Crippen molar-refractivity contribution in [1.29, 1.82) is 0 Å². The maximum atomic E-state index is 12.0. The van der Waals surface area contributed by atoms with Crippen LogP contribution in [0.1, 0.15) is 56.7 Å². The fraction of sp³-hybridized carbons (Fsp3) is 0.545. The van der Waals surface area contributed by atoms with E-state index in [2.05, 4.69) is 31.3 Å². The number of aliphatic carboxylic acids is 1. The van der Waals surface area contributed by atoms with Crippen molar-refractivity contribution in [1.82, 2.24) is 10.2 Å². The van der Waals surface area contributed by atoms with Gasteiger partial charge >= 0.3 is 5.97 Å². The van der Waals surface area contributed by atoms with Gasteiger partial charge in [-0.05, 0) is 50.9 Å². The number of allylic oxidation sites excluding steroid dienone is 2. The molecule has 0 heterocycles. The van der Waals surface area contributed by atoms with Gasteiger partial charge in [0.25, 0.3) is 0 Å². The third-order valence-corrected chi connectivity index (χ3v) is 4.38. The minimum absolute atomic E-state index is 0.0209. The fourth-order valence-corrected chi connectivity index (χ4v) is 2.93. The number of unbranched alkanes of at least 4 members (excludes halogenated alkanes) is 2. The van der Waals surface area contributed by atoms with Crippen LogP contribution in [0.5, 0.6) is 5.75 Å². The van der Waals surface area contributed by atoms with Crippen molar-refractivity contribution >= 4 is 11.9 Å². The number of carboxylic acid groups (broad SMARTS) is 1. The summed E-state index contributed by atoms with van der Waals surface area (Å²) in [5, 5.41) is 12.4. The Kier molecular flexibility index (Phi) is 10.3. The monoisotopic (exact) mass is 390 g/mol. The molecule has 0 aliphatic heterocycles. The zero-order chi connectivity index (χ0) is 21.1. The summed E-state index contributed by atoms with van der Waals surface area (Å²) in [6.45, 7) is 4.68. The third kappa shape index (κ3) is 8.13. The number of nitrogens with zero attached hydrogens (tertiary/aromatic N) is 1. The van der Waals surface area contributed by atoms with Gasteiger partial charge in [0.1, 0.15) is 11.8 Å². The first kappa shape index (κ1) is 23.7. The molecule has 1 unspecified atom stereocenters. The summed E-state index contributed by atoms with van der Waals surface area (Å²) in [6.07, 6.45) is 7.73. The average molecular weight is 391 g/mol. The quantitative estimate of drug-likeness (QED) is 0.419. The molecule has 1 aromatic carbocycles. The number of hydrogen-bond acceptors (Lipinski definition) is 4. The van der Waals surface area contributed by atoms with E-state index in [-0.39, 0.29) is 5.91 Å². The first-order valence-corrected chi connectivity index (χ1v) is 9.75. The molecule has 0 bridgehead atoms. The van der Waals surface area contributed by atoms with Crippen LogP contribution in [0, 0.1) is 5.92 Å². The number of amides is 1. The van der Waals surface area contributed by atoms with E-state index in [9.17, 15) is 14.7 Å². The smallest absolute Gasteiger partial charge is 0.325 e. The van der Waals surface area contributed by atoms with Crippen molar-refractivity contribution in [2.45, 2.75) is 52.1 Å². The molecule has 0 aliphatic rings. The van der Waals surface area contributed by atoms with Gasteiger partial charge in [-0.3, -0.25) is 14.5 Å². The third-order valence-electron chi connectivity index (χ3n) is 4.38. The predicted molar refractivity (Wildman–Crippen MR) is 111 cm³/mol. The molecular formula is C22H34N2O4. The van der Waals surface area contributed by atoms with Crippen molar-refractivity contribution in [3.05, 3.63) is 41.5 Å². The van der Waals surface area contributed by atoms with Gasteiger partial charge in [0.2, 0.25) is 5.91 Å². The summed E-state index contributed by atoms with van der Waals surface area (Å²) in [6, 6.07) is 4.57. The van der Waals surface area contributed by atoms with E-state index < -0.39 is 12.0 Å². The second-order valence-corrected chi connectivity index (χ2v) is 7.48. The number of carbonyl (C=O) groups excluding carboxylic acids is 1. The summed E-state index contributed by atoms with van der Waals surface area (Å²) >= 11 is 0. The van der Waals surface area contributed by atoms with E-state index in [1.807, 2.05) is 6.07 Å². The van der Waals surface area contributed by atoms with Gasteiger partial charge in [0.05, 0.1) is 7.11 Å². The van der Waals surface area contributed by atoms with Crippen molar-refractivity contribution < 1.29 is 19.4 Å². The SMILES string of the molecule is COc1cc(CNC(=O)CCCC/C=C/C(C)C)ccc1C(C(=O)O)N(C)C. The summed E-state index contributed by atoms with van der Waals surface area (Å²) in [7, 11) is 4.94. The first-order chi connectivity index (χ1) is 13.3. The van der Waals surface area contributed by atoms with Crippen molar-refractivity contribution in [2.75, 3.05) is 21.2 Å². The summed E-state index contributed by atoms with van der Waals surface area (Å²) < 4.78 is 5.38. The minimum atomic E-state index is -0.937. The number of likely N-dealkylation sites (N-methyl/N-ethyl adjacent to an activating group) is 1. The average Bonchev–Trinajstić information content (AvgIpc) is 2.62. The molecule has 0 saturated carbocycles. The standard InChI is InChI=1S/C22H34N2O4/c1-16(2)10-8-6-7-9-11-20(25)23-15-17-12-13-18(19(14-17)28-5)21(22(26)27)24(3)4/h8,10,12-14,16,21H,6-7,9,11,15H2,1-5H3,(H,23,25)(H,26,27)/b10-8+. The Morgan fingerprint density at radius 1 is 1.25 bits per heavy atom. The molecule has 0 aromatic heterocycles. The Morgan fingerprint density at radius 3 is 2.54 bits per heavy atom. The Hall–Kier alpha value is -2.34. The number of benzene rings is 1. The highest BCUT2D eigenvalue weighted by Gasteiger charge is 2.25. The van der Waals surface area contributed by atoms with Crippen molar-refractivity contribution in [2.24, 2.45) is 5.92 Å². The van der Waals surface area contributed by atoms with Crippen LogP contribution in [-0.4, -0.2) is 43.1 Å². The lowest BCUT2D eigenvalue weighted by Crippen LogP contribution is -2.28.